The van der Waals surface area contributed by atoms with Crippen molar-refractivity contribution in [3.05, 3.63) is 63.0 Å². The highest BCUT2D eigenvalue weighted by Crippen LogP contribution is 2.31. The van der Waals surface area contributed by atoms with Crippen LogP contribution in [0.2, 0.25) is 5.02 Å². The van der Waals surface area contributed by atoms with E-state index < -0.39 is 0 Å². The summed E-state index contributed by atoms with van der Waals surface area (Å²) in [6, 6.07) is 11.6. The van der Waals surface area contributed by atoms with E-state index in [9.17, 15) is 4.79 Å². The monoisotopic (exact) mass is 341 g/mol. The Morgan fingerprint density at radius 1 is 1.25 bits per heavy atom. The highest BCUT2D eigenvalue weighted by molar-refractivity contribution is 6.30. The van der Waals surface area contributed by atoms with Crippen molar-refractivity contribution in [3.8, 4) is 11.1 Å². The predicted molar refractivity (Wildman–Crippen MR) is 99.6 cm³/mol. The molecule has 5 heteroatoms. The van der Waals surface area contributed by atoms with Gasteiger partial charge in [-0.1, -0.05) is 23.7 Å². The fraction of sp³-hybridized carbons (Fsp3) is 0.263. The highest BCUT2D eigenvalue weighted by atomic mass is 35.5. The molecule has 0 aliphatic carbocycles. The van der Waals surface area contributed by atoms with Crippen LogP contribution in [-0.2, 0) is 13.0 Å². The minimum atomic E-state index is -0.0245. The van der Waals surface area contributed by atoms with Crippen LogP contribution < -0.4 is 11.3 Å². The summed E-state index contributed by atoms with van der Waals surface area (Å²) in [4.78, 5) is 17.6. The average molecular weight is 342 g/mol. The molecule has 24 heavy (non-hydrogen) atoms. The molecule has 0 saturated carbocycles. The first-order valence-electron chi connectivity index (χ1n) is 8.05. The molecule has 0 radical (unpaired) electrons. The molecule has 4 nitrogen and oxygen atoms in total. The van der Waals surface area contributed by atoms with Gasteiger partial charge in [0.1, 0.15) is 5.65 Å². The quantitative estimate of drug-likeness (QED) is 0.789. The third kappa shape index (κ3) is 2.83. The summed E-state index contributed by atoms with van der Waals surface area (Å²) in [6.07, 6.45) is 0.518. The van der Waals surface area contributed by atoms with Gasteiger partial charge >= 0.3 is 0 Å². The SMILES string of the molecule is CCn1c(=O)c(CCN)c(-c2cccc(Cl)c2)c2ccc(C)nc21. The molecule has 3 aromatic rings. The van der Waals surface area contributed by atoms with E-state index in [1.165, 1.54) is 0 Å². The smallest absolute Gasteiger partial charge is 0.256 e. The second kappa shape index (κ2) is 6.75. The fourth-order valence-corrected chi connectivity index (χ4v) is 3.31. The van der Waals surface area contributed by atoms with Gasteiger partial charge in [0.15, 0.2) is 0 Å². The van der Waals surface area contributed by atoms with E-state index in [0.717, 1.165) is 27.8 Å². The van der Waals surface area contributed by atoms with Crippen molar-refractivity contribution >= 4 is 22.6 Å². The number of rotatable bonds is 4. The predicted octanol–water partition coefficient (Wildman–Crippen LogP) is 3.55. The molecule has 1 aromatic carbocycles. The van der Waals surface area contributed by atoms with Gasteiger partial charge in [-0.2, -0.15) is 0 Å². The zero-order valence-corrected chi connectivity index (χ0v) is 14.6. The first-order chi connectivity index (χ1) is 11.6. The van der Waals surface area contributed by atoms with Crippen LogP contribution in [0.4, 0.5) is 0 Å². The molecule has 0 bridgehead atoms. The first kappa shape index (κ1) is 16.7. The van der Waals surface area contributed by atoms with Crippen molar-refractivity contribution in [2.24, 2.45) is 5.73 Å². The maximum Gasteiger partial charge on any atom is 0.256 e. The van der Waals surface area contributed by atoms with Gasteiger partial charge in [0.2, 0.25) is 0 Å². The third-order valence-corrected chi connectivity index (χ3v) is 4.40. The Hall–Kier alpha value is -2.17. The summed E-state index contributed by atoms with van der Waals surface area (Å²) in [6.45, 7) is 4.86. The summed E-state index contributed by atoms with van der Waals surface area (Å²) < 4.78 is 1.72. The molecule has 0 fully saturated rings. The fourth-order valence-electron chi connectivity index (χ4n) is 3.12. The zero-order chi connectivity index (χ0) is 17.3. The Kier molecular flexibility index (Phi) is 4.69. The summed E-state index contributed by atoms with van der Waals surface area (Å²) >= 11 is 6.18. The molecule has 0 aliphatic rings. The van der Waals surface area contributed by atoms with Crippen LogP contribution in [0, 0.1) is 6.92 Å². The van der Waals surface area contributed by atoms with Crippen LogP contribution in [0.15, 0.2) is 41.2 Å². The molecule has 0 unspecified atom stereocenters. The lowest BCUT2D eigenvalue weighted by Gasteiger charge is -2.17. The van der Waals surface area contributed by atoms with Gasteiger partial charge in [0.25, 0.3) is 5.56 Å². The minimum Gasteiger partial charge on any atom is -0.330 e. The van der Waals surface area contributed by atoms with E-state index in [1.54, 1.807) is 4.57 Å². The van der Waals surface area contributed by atoms with Crippen molar-refractivity contribution < 1.29 is 0 Å². The summed E-state index contributed by atoms with van der Waals surface area (Å²) in [5.41, 5.74) is 9.87. The Morgan fingerprint density at radius 2 is 2.04 bits per heavy atom. The molecule has 124 valence electrons. The van der Waals surface area contributed by atoms with Crippen molar-refractivity contribution in [1.82, 2.24) is 9.55 Å². The molecule has 0 amide bonds. The van der Waals surface area contributed by atoms with Gasteiger partial charge < -0.3 is 5.73 Å². The highest BCUT2D eigenvalue weighted by Gasteiger charge is 2.18. The van der Waals surface area contributed by atoms with Gasteiger partial charge in [0, 0.05) is 33.8 Å². The number of hydrogen-bond acceptors (Lipinski definition) is 3. The third-order valence-electron chi connectivity index (χ3n) is 4.17. The maximum absolute atomic E-state index is 13.0. The van der Waals surface area contributed by atoms with Crippen molar-refractivity contribution in [2.45, 2.75) is 26.8 Å². The molecule has 2 N–H and O–H groups in total. The Bertz CT molecular complexity index is 963. The number of aromatic nitrogens is 2. The van der Waals surface area contributed by atoms with Crippen LogP contribution >= 0.6 is 11.6 Å². The molecular weight excluding hydrogens is 322 g/mol. The van der Waals surface area contributed by atoms with Crippen LogP contribution in [0.1, 0.15) is 18.2 Å². The van der Waals surface area contributed by atoms with E-state index in [1.807, 2.05) is 50.2 Å². The topological polar surface area (TPSA) is 60.9 Å². The number of hydrogen-bond donors (Lipinski definition) is 1. The minimum absolute atomic E-state index is 0.0245. The van der Waals surface area contributed by atoms with Crippen LogP contribution in [0.3, 0.4) is 0 Å². The molecule has 2 heterocycles. The number of benzene rings is 1. The van der Waals surface area contributed by atoms with Gasteiger partial charge in [-0.15, -0.1) is 0 Å². The average Bonchev–Trinajstić information content (AvgIpc) is 2.56. The number of nitrogens with zero attached hydrogens (tertiary/aromatic N) is 2. The van der Waals surface area contributed by atoms with E-state index in [4.69, 9.17) is 17.3 Å². The lowest BCUT2D eigenvalue weighted by atomic mass is 9.95. The van der Waals surface area contributed by atoms with E-state index >= 15 is 0 Å². The molecule has 0 atom stereocenters. The van der Waals surface area contributed by atoms with Gasteiger partial charge in [0.05, 0.1) is 0 Å². The number of halogens is 1. The lowest BCUT2D eigenvalue weighted by molar-refractivity contribution is 0.734. The molecule has 2 aromatic heterocycles. The van der Waals surface area contributed by atoms with Crippen LogP contribution in [0.5, 0.6) is 0 Å². The van der Waals surface area contributed by atoms with Gasteiger partial charge in [-0.3, -0.25) is 9.36 Å². The number of aryl methyl sites for hydroxylation is 2. The zero-order valence-electron chi connectivity index (χ0n) is 13.8. The Morgan fingerprint density at radius 3 is 2.71 bits per heavy atom. The van der Waals surface area contributed by atoms with Crippen molar-refractivity contribution in [1.29, 1.82) is 0 Å². The normalized spacial score (nSPS) is 11.2. The van der Waals surface area contributed by atoms with Crippen LogP contribution in [-0.4, -0.2) is 16.1 Å². The number of fused-ring (bicyclic) bond motifs is 1. The van der Waals surface area contributed by atoms with Crippen LogP contribution in [0.25, 0.3) is 22.2 Å². The summed E-state index contributed by atoms with van der Waals surface area (Å²) in [5, 5.41) is 1.59. The van der Waals surface area contributed by atoms with Gasteiger partial charge in [-0.25, -0.2) is 4.98 Å². The van der Waals surface area contributed by atoms with Crippen molar-refractivity contribution in [2.75, 3.05) is 6.54 Å². The summed E-state index contributed by atoms with van der Waals surface area (Å²) in [5.74, 6) is 0. The Balaban J connectivity index is 2.50. The molecule has 3 rings (SSSR count). The Labute approximate surface area is 145 Å². The number of pyridine rings is 2. The second-order valence-electron chi connectivity index (χ2n) is 5.78. The molecule has 0 spiro atoms. The number of nitrogens with two attached hydrogens (primary N) is 1. The molecule has 0 saturated heterocycles. The maximum atomic E-state index is 13.0. The standard InChI is InChI=1S/C19H20ClN3O/c1-3-23-18-15(8-7-12(2)22-18)17(16(9-10-21)19(23)24)13-5-4-6-14(20)11-13/h4-8,11H,3,9-10,21H2,1-2H3. The van der Waals surface area contributed by atoms with Gasteiger partial charge in [-0.05, 0) is 56.6 Å². The first-order valence-corrected chi connectivity index (χ1v) is 8.43. The molecular formula is C19H20ClN3O. The summed E-state index contributed by atoms with van der Waals surface area (Å²) in [7, 11) is 0. The van der Waals surface area contributed by atoms with E-state index in [2.05, 4.69) is 4.98 Å². The van der Waals surface area contributed by atoms with E-state index in [-0.39, 0.29) is 5.56 Å². The second-order valence-corrected chi connectivity index (χ2v) is 6.21. The molecule has 0 aliphatic heterocycles. The van der Waals surface area contributed by atoms with Crippen molar-refractivity contribution in [3.63, 3.8) is 0 Å². The lowest BCUT2D eigenvalue weighted by Crippen LogP contribution is -2.27. The largest absolute Gasteiger partial charge is 0.330 e. The van der Waals surface area contributed by atoms with E-state index in [0.29, 0.717) is 30.2 Å².